The highest BCUT2D eigenvalue weighted by atomic mass is 16.6. The van der Waals surface area contributed by atoms with Crippen LogP contribution in [0.2, 0.25) is 0 Å². The van der Waals surface area contributed by atoms with Crippen molar-refractivity contribution in [3.63, 3.8) is 0 Å². The molecule has 1 aliphatic heterocycles. The Balaban J connectivity index is 1.50. The minimum atomic E-state index is 0.541. The zero-order chi connectivity index (χ0) is 13.5. The number of epoxide rings is 1. The van der Waals surface area contributed by atoms with Gasteiger partial charge in [0.05, 0.1) is 12.2 Å². The molecule has 0 aromatic carbocycles. The molecule has 1 heterocycles. The molecule has 3 saturated carbocycles. The molecule has 110 valence electrons. The van der Waals surface area contributed by atoms with Gasteiger partial charge in [-0.05, 0) is 79.4 Å². The van der Waals surface area contributed by atoms with Crippen LogP contribution in [-0.2, 0) is 4.74 Å². The highest BCUT2D eigenvalue weighted by Gasteiger charge is 2.67. The smallest absolute Gasteiger partial charge is 0.0898 e. The average molecular weight is 272 g/mol. The molecule has 0 radical (unpaired) electrons. The van der Waals surface area contributed by atoms with Crippen LogP contribution in [0.5, 0.6) is 0 Å². The molecule has 5 aliphatic rings. The van der Waals surface area contributed by atoms with E-state index in [9.17, 15) is 0 Å². The number of hydrogen-bond acceptors (Lipinski definition) is 1. The van der Waals surface area contributed by atoms with Crippen molar-refractivity contribution in [2.75, 3.05) is 0 Å². The second kappa shape index (κ2) is 3.72. The summed E-state index contributed by atoms with van der Waals surface area (Å²) in [7, 11) is 0. The van der Waals surface area contributed by atoms with Crippen LogP contribution in [0.25, 0.3) is 0 Å². The number of hydrogen-bond donors (Lipinski definition) is 0. The Hall–Kier alpha value is -0.300. The summed E-state index contributed by atoms with van der Waals surface area (Å²) in [5.41, 5.74) is 1.16. The molecule has 4 aliphatic carbocycles. The lowest BCUT2D eigenvalue weighted by Crippen LogP contribution is -2.52. The molecule has 1 heteroatoms. The van der Waals surface area contributed by atoms with E-state index in [0.29, 0.717) is 23.0 Å². The van der Waals surface area contributed by atoms with E-state index < -0.39 is 0 Å². The van der Waals surface area contributed by atoms with Crippen molar-refractivity contribution in [3.05, 3.63) is 12.2 Å². The zero-order valence-corrected chi connectivity index (χ0v) is 13.0. The van der Waals surface area contributed by atoms with Gasteiger partial charge >= 0.3 is 0 Å². The first-order chi connectivity index (χ1) is 9.63. The fourth-order valence-corrected chi connectivity index (χ4v) is 7.14. The molecule has 0 N–H and O–H groups in total. The first-order valence-corrected chi connectivity index (χ1v) is 8.93. The van der Waals surface area contributed by atoms with Crippen molar-refractivity contribution >= 4 is 0 Å². The summed E-state index contributed by atoms with van der Waals surface area (Å²) >= 11 is 0. The fraction of sp³-hybridized carbons (Fsp3) is 0.895. The molecule has 0 spiro atoms. The zero-order valence-electron chi connectivity index (χ0n) is 13.0. The van der Waals surface area contributed by atoms with Crippen LogP contribution in [0.1, 0.15) is 58.8 Å². The van der Waals surface area contributed by atoms with Crippen LogP contribution in [-0.4, -0.2) is 12.2 Å². The topological polar surface area (TPSA) is 12.5 Å². The third kappa shape index (κ3) is 1.34. The molecule has 0 aromatic rings. The van der Waals surface area contributed by atoms with Gasteiger partial charge in [-0.25, -0.2) is 0 Å². The van der Waals surface area contributed by atoms with Crippen molar-refractivity contribution < 1.29 is 4.74 Å². The monoisotopic (exact) mass is 272 g/mol. The second-order valence-corrected chi connectivity index (χ2v) is 8.94. The van der Waals surface area contributed by atoms with E-state index in [1.54, 1.807) is 0 Å². The molecule has 0 amide bonds. The van der Waals surface area contributed by atoms with Crippen molar-refractivity contribution in [2.24, 2.45) is 34.5 Å². The van der Waals surface area contributed by atoms with Crippen LogP contribution < -0.4 is 0 Å². The van der Waals surface area contributed by atoms with E-state index in [0.717, 1.165) is 23.7 Å². The van der Waals surface area contributed by atoms with Gasteiger partial charge in [0.25, 0.3) is 0 Å². The lowest BCUT2D eigenvalue weighted by Gasteiger charge is -2.59. The van der Waals surface area contributed by atoms with Gasteiger partial charge in [-0.2, -0.15) is 0 Å². The van der Waals surface area contributed by atoms with E-state index in [1.807, 2.05) is 0 Å². The Morgan fingerprint density at radius 2 is 1.90 bits per heavy atom. The van der Waals surface area contributed by atoms with Crippen molar-refractivity contribution in [1.82, 2.24) is 0 Å². The maximum absolute atomic E-state index is 5.93. The number of allylic oxidation sites excluding steroid dienone is 2. The summed E-state index contributed by atoms with van der Waals surface area (Å²) in [6.07, 6.45) is 16.3. The van der Waals surface area contributed by atoms with Crippen molar-refractivity contribution in [3.8, 4) is 0 Å². The minimum Gasteiger partial charge on any atom is -0.369 e. The molecular weight excluding hydrogens is 244 g/mol. The predicted octanol–water partition coefficient (Wildman–Crippen LogP) is 4.57. The fourth-order valence-electron chi connectivity index (χ4n) is 7.14. The van der Waals surface area contributed by atoms with Crippen LogP contribution in [0, 0.1) is 34.5 Å². The van der Waals surface area contributed by atoms with Gasteiger partial charge in [0, 0.05) is 0 Å². The third-order valence-electron chi connectivity index (χ3n) is 8.37. The summed E-state index contributed by atoms with van der Waals surface area (Å²) in [5.74, 6) is 3.97. The van der Waals surface area contributed by atoms with Gasteiger partial charge in [0.15, 0.2) is 0 Å². The molecule has 1 nitrogen and oxygen atoms in total. The first-order valence-electron chi connectivity index (χ1n) is 8.93. The number of ether oxygens (including phenoxy) is 1. The Bertz CT molecular complexity index is 468. The number of fused-ring (bicyclic) bond motifs is 7. The number of rotatable bonds is 0. The van der Waals surface area contributed by atoms with Crippen molar-refractivity contribution in [1.29, 1.82) is 0 Å². The summed E-state index contributed by atoms with van der Waals surface area (Å²) in [6.45, 7) is 5.19. The molecule has 0 bridgehead atoms. The van der Waals surface area contributed by atoms with Crippen LogP contribution >= 0.6 is 0 Å². The Labute approximate surface area is 123 Å². The summed E-state index contributed by atoms with van der Waals surface area (Å²) in [4.78, 5) is 0. The normalized spacial score (nSPS) is 63.1. The van der Waals surface area contributed by atoms with Gasteiger partial charge in [-0.1, -0.05) is 26.0 Å². The maximum Gasteiger partial charge on any atom is 0.0898 e. The Morgan fingerprint density at radius 3 is 2.80 bits per heavy atom. The van der Waals surface area contributed by atoms with E-state index in [4.69, 9.17) is 4.74 Å². The van der Waals surface area contributed by atoms with Crippen molar-refractivity contribution in [2.45, 2.75) is 71.0 Å². The lowest BCUT2D eigenvalue weighted by atomic mass is 9.46. The lowest BCUT2D eigenvalue weighted by molar-refractivity contribution is -0.104. The van der Waals surface area contributed by atoms with Crippen LogP contribution in [0.15, 0.2) is 12.2 Å². The van der Waals surface area contributed by atoms with Crippen LogP contribution in [0.4, 0.5) is 0 Å². The molecule has 5 rings (SSSR count). The first kappa shape index (κ1) is 12.3. The highest BCUT2D eigenvalue weighted by Crippen LogP contribution is 2.69. The second-order valence-electron chi connectivity index (χ2n) is 8.94. The van der Waals surface area contributed by atoms with E-state index in [2.05, 4.69) is 26.0 Å². The molecule has 0 aromatic heterocycles. The van der Waals surface area contributed by atoms with Gasteiger partial charge in [0.2, 0.25) is 0 Å². The predicted molar refractivity (Wildman–Crippen MR) is 80.3 cm³/mol. The van der Waals surface area contributed by atoms with Crippen LogP contribution in [0.3, 0.4) is 0 Å². The molecule has 20 heavy (non-hydrogen) atoms. The Morgan fingerprint density at radius 1 is 1.00 bits per heavy atom. The largest absolute Gasteiger partial charge is 0.369 e. The van der Waals surface area contributed by atoms with E-state index >= 15 is 0 Å². The quantitative estimate of drug-likeness (QED) is 0.465. The van der Waals surface area contributed by atoms with E-state index in [1.165, 1.54) is 44.9 Å². The minimum absolute atomic E-state index is 0.541. The molecule has 1 saturated heterocycles. The van der Waals surface area contributed by atoms with Gasteiger partial charge in [-0.3, -0.25) is 0 Å². The molecule has 4 fully saturated rings. The highest BCUT2D eigenvalue weighted by molar-refractivity contribution is 5.17. The van der Waals surface area contributed by atoms with E-state index in [-0.39, 0.29) is 0 Å². The molecule has 0 unspecified atom stereocenters. The SMILES string of the molecule is C[C@]12CC=CC[C@@H]1CC[C@@H]1[C@@H]2CC[C@@]2(C)[C@H]1C[C@@H]1O[C@@H]12. The van der Waals surface area contributed by atoms with Gasteiger partial charge < -0.3 is 4.74 Å². The summed E-state index contributed by atoms with van der Waals surface area (Å²) in [6, 6.07) is 0. The summed E-state index contributed by atoms with van der Waals surface area (Å²) in [5, 5.41) is 0. The summed E-state index contributed by atoms with van der Waals surface area (Å²) < 4.78 is 5.93. The Kier molecular flexibility index (Phi) is 2.28. The molecular formula is C19H28O. The van der Waals surface area contributed by atoms with Gasteiger partial charge in [-0.15, -0.1) is 0 Å². The standard InChI is InChI=1S/C19H28O/c1-18-9-4-3-5-12(18)6-7-13-14(18)8-10-19(2)15(13)11-16-17(19)20-16/h3-4,12-17H,5-11H2,1-2H3/t12-,13-,14+,15+,16+,17+,18+,19+/m1/s1. The molecule has 8 atom stereocenters. The average Bonchev–Trinajstić information content (AvgIpc) is 3.16. The maximum atomic E-state index is 5.93. The van der Waals surface area contributed by atoms with Gasteiger partial charge in [0.1, 0.15) is 0 Å². The third-order valence-corrected chi connectivity index (χ3v) is 8.37.